The van der Waals surface area contributed by atoms with Gasteiger partial charge in [0, 0.05) is 34.8 Å². The molecule has 0 aliphatic heterocycles. The number of aromatic nitrogens is 4. The number of hydrogen-bond acceptors (Lipinski definition) is 9. The van der Waals surface area contributed by atoms with Crippen molar-refractivity contribution in [1.82, 2.24) is 24.4 Å². The quantitative estimate of drug-likeness (QED) is 0.273. The third-order valence-corrected chi connectivity index (χ3v) is 7.70. The van der Waals surface area contributed by atoms with Gasteiger partial charge in [-0.1, -0.05) is 35.5 Å². The first-order valence-corrected chi connectivity index (χ1v) is 14.6. The fourth-order valence-corrected chi connectivity index (χ4v) is 5.61. The lowest BCUT2D eigenvalue weighted by Gasteiger charge is -2.14. The smallest absolute Gasteiger partial charge is 0.236 e. The number of nitrogens with one attached hydrogen (secondary N) is 1. The first-order valence-electron chi connectivity index (χ1n) is 12.8. The summed E-state index contributed by atoms with van der Waals surface area (Å²) in [5.41, 5.74) is 5.37. The summed E-state index contributed by atoms with van der Waals surface area (Å²) in [7, 11) is -1.81. The number of para-hydroxylation sites is 1. The molecule has 208 valence electrons. The van der Waals surface area contributed by atoms with Gasteiger partial charge in [-0.15, -0.1) is 0 Å². The molecule has 11 heteroatoms. The van der Waals surface area contributed by atoms with Crippen molar-refractivity contribution in [2.24, 2.45) is 0 Å². The van der Waals surface area contributed by atoms with Gasteiger partial charge in [0.25, 0.3) is 0 Å². The number of aliphatic hydroxyl groups excluding tert-OH is 1. The Morgan fingerprint density at radius 3 is 2.52 bits per heavy atom. The molecule has 0 unspecified atom stereocenters. The molecule has 0 radical (unpaired) electrons. The highest BCUT2D eigenvalue weighted by atomic mass is 32.2. The van der Waals surface area contributed by atoms with Crippen molar-refractivity contribution in [3.63, 3.8) is 0 Å². The zero-order valence-electron chi connectivity index (χ0n) is 23.0. The standard InChI is InChI=1S/C29H31N5O5S/c1-17-27(24-15-34(40(5,36)37)25-12-7-6-11-23(24)25)31-29(32-28(17)26-18(2)33-39-19(26)3)20-9-8-10-22(13-20)38-16-21(35)14-30-4/h6-13,15,21,30,35H,14,16H2,1-5H3/t21-/m1/s1. The number of fused-ring (bicyclic) bond motifs is 1. The van der Waals surface area contributed by atoms with Crippen molar-refractivity contribution in [3.8, 4) is 39.7 Å². The summed E-state index contributed by atoms with van der Waals surface area (Å²) in [5.74, 6) is 1.60. The fraction of sp³-hybridized carbons (Fsp3) is 0.276. The van der Waals surface area contributed by atoms with Crippen LogP contribution in [0, 0.1) is 20.8 Å². The Morgan fingerprint density at radius 2 is 1.82 bits per heavy atom. The van der Waals surface area contributed by atoms with Crippen LogP contribution in [0.3, 0.4) is 0 Å². The molecule has 0 saturated carbocycles. The highest BCUT2D eigenvalue weighted by molar-refractivity contribution is 7.89. The van der Waals surface area contributed by atoms with Gasteiger partial charge in [-0.25, -0.2) is 22.4 Å². The Morgan fingerprint density at radius 1 is 1.07 bits per heavy atom. The predicted octanol–water partition coefficient (Wildman–Crippen LogP) is 4.11. The molecule has 0 aliphatic carbocycles. The Balaban J connectivity index is 1.73. The summed E-state index contributed by atoms with van der Waals surface area (Å²) in [6, 6.07) is 14.7. The molecular weight excluding hydrogens is 530 g/mol. The molecular formula is C29H31N5O5S. The average molecular weight is 562 g/mol. The second-order valence-corrected chi connectivity index (χ2v) is 11.6. The molecule has 2 N–H and O–H groups in total. The van der Waals surface area contributed by atoms with Crippen molar-refractivity contribution < 1.29 is 22.8 Å². The average Bonchev–Trinajstić information content (AvgIpc) is 3.48. The summed E-state index contributed by atoms with van der Waals surface area (Å²) >= 11 is 0. The molecule has 0 spiro atoms. The molecule has 0 amide bonds. The van der Waals surface area contributed by atoms with Crippen LogP contribution in [-0.2, 0) is 10.0 Å². The maximum Gasteiger partial charge on any atom is 0.236 e. The van der Waals surface area contributed by atoms with Crippen LogP contribution in [0.4, 0.5) is 0 Å². The number of aliphatic hydroxyl groups is 1. The van der Waals surface area contributed by atoms with Gasteiger partial charge < -0.3 is 19.7 Å². The summed E-state index contributed by atoms with van der Waals surface area (Å²) in [6.07, 6.45) is 2.13. The molecule has 40 heavy (non-hydrogen) atoms. The number of nitrogens with zero attached hydrogens (tertiary/aromatic N) is 4. The van der Waals surface area contributed by atoms with E-state index in [2.05, 4.69) is 10.5 Å². The zero-order valence-corrected chi connectivity index (χ0v) is 23.8. The van der Waals surface area contributed by atoms with Gasteiger partial charge in [-0.3, -0.25) is 0 Å². The Kier molecular flexibility index (Phi) is 7.45. The van der Waals surface area contributed by atoms with Gasteiger partial charge in [-0.05, 0) is 46.0 Å². The normalized spacial score (nSPS) is 12.7. The monoisotopic (exact) mass is 561 g/mol. The second-order valence-electron chi connectivity index (χ2n) is 9.74. The molecule has 1 atom stereocenters. The first-order chi connectivity index (χ1) is 19.1. The second kappa shape index (κ2) is 10.8. The summed E-state index contributed by atoms with van der Waals surface area (Å²) in [4.78, 5) is 9.91. The van der Waals surface area contributed by atoms with E-state index in [9.17, 15) is 13.5 Å². The molecule has 0 saturated heterocycles. The number of aryl methyl sites for hydroxylation is 2. The Hall–Kier alpha value is -4.06. The molecule has 5 rings (SSSR count). The van der Waals surface area contributed by atoms with Crippen LogP contribution in [0.5, 0.6) is 5.75 Å². The topological polar surface area (TPSA) is 132 Å². The minimum absolute atomic E-state index is 0.125. The van der Waals surface area contributed by atoms with Crippen LogP contribution in [0.2, 0.25) is 0 Å². The van der Waals surface area contributed by atoms with Crippen molar-refractivity contribution in [2.45, 2.75) is 26.9 Å². The molecule has 2 aromatic carbocycles. The summed E-state index contributed by atoms with van der Waals surface area (Å²) < 4.78 is 37.9. The minimum Gasteiger partial charge on any atom is -0.491 e. The van der Waals surface area contributed by atoms with Gasteiger partial charge in [-0.2, -0.15) is 0 Å². The van der Waals surface area contributed by atoms with Gasteiger partial charge in [0.15, 0.2) is 5.82 Å². The van der Waals surface area contributed by atoms with Crippen molar-refractivity contribution >= 4 is 20.9 Å². The molecule has 0 bridgehead atoms. The van der Waals surface area contributed by atoms with Crippen LogP contribution in [0.1, 0.15) is 17.0 Å². The van der Waals surface area contributed by atoms with E-state index in [1.807, 2.05) is 51.1 Å². The molecule has 3 aromatic heterocycles. The number of likely N-dealkylation sites (N-methyl/N-ethyl adjacent to an activating group) is 1. The van der Waals surface area contributed by atoms with Gasteiger partial charge in [0.1, 0.15) is 24.2 Å². The van der Waals surface area contributed by atoms with E-state index in [1.165, 1.54) is 10.2 Å². The number of hydrogen-bond donors (Lipinski definition) is 2. The van der Waals surface area contributed by atoms with Crippen LogP contribution in [0.25, 0.3) is 44.8 Å². The number of rotatable bonds is 9. The largest absolute Gasteiger partial charge is 0.491 e. The first kappa shape index (κ1) is 27.5. The Bertz CT molecular complexity index is 1790. The molecule has 5 aromatic rings. The van der Waals surface area contributed by atoms with E-state index in [1.54, 1.807) is 31.4 Å². The van der Waals surface area contributed by atoms with Crippen LogP contribution >= 0.6 is 0 Å². The predicted molar refractivity (Wildman–Crippen MR) is 154 cm³/mol. The van der Waals surface area contributed by atoms with E-state index in [0.717, 1.165) is 16.5 Å². The van der Waals surface area contributed by atoms with Crippen LogP contribution in [-0.4, -0.2) is 65.2 Å². The van der Waals surface area contributed by atoms with E-state index < -0.39 is 16.1 Å². The van der Waals surface area contributed by atoms with E-state index >= 15 is 0 Å². The van der Waals surface area contributed by atoms with Gasteiger partial charge in [0.05, 0.1) is 34.4 Å². The lowest BCUT2D eigenvalue weighted by atomic mass is 9.99. The lowest BCUT2D eigenvalue weighted by Crippen LogP contribution is -2.29. The summed E-state index contributed by atoms with van der Waals surface area (Å²) in [5, 5.41) is 17.9. The maximum absolute atomic E-state index is 12.7. The molecule has 0 fully saturated rings. The SMILES string of the molecule is CNC[C@@H](O)COc1cccc(-c2nc(-c3c(C)noc3C)c(C)c(-c3cn(S(C)(=O)=O)c4ccccc34)n2)c1. The molecule has 3 heterocycles. The Labute approximate surface area is 232 Å². The van der Waals surface area contributed by atoms with E-state index in [4.69, 9.17) is 19.2 Å². The van der Waals surface area contributed by atoms with Gasteiger partial charge >= 0.3 is 0 Å². The maximum atomic E-state index is 12.7. The minimum atomic E-state index is -3.57. The fourth-order valence-electron chi connectivity index (χ4n) is 4.80. The van der Waals surface area contributed by atoms with Crippen molar-refractivity contribution in [2.75, 3.05) is 26.5 Å². The highest BCUT2D eigenvalue weighted by Gasteiger charge is 2.24. The zero-order chi connectivity index (χ0) is 28.6. The third-order valence-electron chi connectivity index (χ3n) is 6.68. The highest BCUT2D eigenvalue weighted by Crippen LogP contribution is 2.38. The molecule has 0 aliphatic rings. The summed E-state index contributed by atoms with van der Waals surface area (Å²) in [6.45, 7) is 6.13. The number of benzene rings is 2. The van der Waals surface area contributed by atoms with Crippen molar-refractivity contribution in [1.29, 1.82) is 0 Å². The van der Waals surface area contributed by atoms with E-state index in [-0.39, 0.29) is 6.61 Å². The van der Waals surface area contributed by atoms with Crippen LogP contribution < -0.4 is 10.1 Å². The third kappa shape index (κ3) is 5.23. The lowest BCUT2D eigenvalue weighted by molar-refractivity contribution is 0.108. The van der Waals surface area contributed by atoms with Crippen LogP contribution in [0.15, 0.2) is 59.3 Å². The van der Waals surface area contributed by atoms with E-state index in [0.29, 0.717) is 57.6 Å². The molecule has 10 nitrogen and oxygen atoms in total. The van der Waals surface area contributed by atoms with Gasteiger partial charge in [0.2, 0.25) is 10.0 Å². The van der Waals surface area contributed by atoms with Crippen molar-refractivity contribution in [3.05, 3.63) is 71.7 Å². The number of ether oxygens (including phenoxy) is 1.